The Labute approximate surface area is 249 Å². The van der Waals surface area contributed by atoms with Crippen molar-refractivity contribution in [3.8, 4) is 11.5 Å². The lowest BCUT2D eigenvalue weighted by atomic mass is 10.0. The van der Waals surface area contributed by atoms with E-state index in [-0.39, 0.29) is 17.5 Å². The molecule has 1 unspecified atom stereocenters. The fourth-order valence-corrected chi connectivity index (χ4v) is 3.43. The van der Waals surface area contributed by atoms with Gasteiger partial charge in [-0.3, -0.25) is 25.8 Å². The molecule has 1 atom stereocenters. The summed E-state index contributed by atoms with van der Waals surface area (Å²) in [5.41, 5.74) is 11.9. The van der Waals surface area contributed by atoms with Gasteiger partial charge in [0.1, 0.15) is 17.7 Å². The number of hydrazine groups is 1. The molecule has 236 valence electrons. The molecule has 3 rings (SSSR count). The summed E-state index contributed by atoms with van der Waals surface area (Å²) in [7, 11) is 0. The fourth-order valence-electron chi connectivity index (χ4n) is 3.43. The highest BCUT2D eigenvalue weighted by Gasteiger charge is 2.38. The van der Waals surface area contributed by atoms with Gasteiger partial charge in [-0.2, -0.15) is 13.2 Å². The van der Waals surface area contributed by atoms with Crippen molar-refractivity contribution in [3.05, 3.63) is 89.2 Å². The number of anilines is 1. The number of carbonyl (C=O) groups is 3. The van der Waals surface area contributed by atoms with Gasteiger partial charge in [0.05, 0.1) is 12.7 Å². The molecule has 44 heavy (non-hydrogen) atoms. The first kappa shape index (κ1) is 34.9. The van der Waals surface area contributed by atoms with E-state index in [9.17, 15) is 27.2 Å². The third-order valence-electron chi connectivity index (χ3n) is 5.36. The molecule has 0 aromatic heterocycles. The summed E-state index contributed by atoms with van der Waals surface area (Å²) in [5, 5.41) is 17.8. The van der Waals surface area contributed by atoms with Crippen LogP contribution < -0.4 is 31.4 Å². The SMILES string of the molecule is CCOc1cc(C(Nc2ccc(C(=N)N)cc2)C(=O)NNC(=O)c2cccc(F)c2)ccc1OC(C)C.O=C(O)C(F)(F)F. The molecule has 15 heteroatoms. The lowest BCUT2D eigenvalue weighted by Gasteiger charge is -2.22. The first-order valence-electron chi connectivity index (χ1n) is 12.9. The third kappa shape index (κ3) is 10.8. The molecule has 0 aliphatic carbocycles. The lowest BCUT2D eigenvalue weighted by molar-refractivity contribution is -0.192. The van der Waals surface area contributed by atoms with Crippen molar-refractivity contribution in [2.45, 2.75) is 39.1 Å². The molecular weight excluding hydrogens is 590 g/mol. The molecule has 0 aliphatic rings. The maximum Gasteiger partial charge on any atom is 0.490 e. The topological polar surface area (TPSA) is 176 Å². The van der Waals surface area contributed by atoms with E-state index in [1.54, 1.807) is 42.5 Å². The second-order valence-corrected chi connectivity index (χ2v) is 9.13. The molecule has 0 aliphatic heterocycles. The summed E-state index contributed by atoms with van der Waals surface area (Å²) < 4.78 is 56.8. The van der Waals surface area contributed by atoms with Crippen LogP contribution in [-0.2, 0) is 9.59 Å². The minimum Gasteiger partial charge on any atom is -0.490 e. The van der Waals surface area contributed by atoms with Gasteiger partial charge in [-0.05, 0) is 80.9 Å². The number of nitrogens with one attached hydrogen (secondary N) is 4. The second kappa shape index (κ2) is 15.8. The first-order chi connectivity index (χ1) is 20.6. The zero-order valence-corrected chi connectivity index (χ0v) is 23.8. The van der Waals surface area contributed by atoms with Crippen LogP contribution in [0.2, 0.25) is 0 Å². The van der Waals surface area contributed by atoms with Gasteiger partial charge in [0, 0.05) is 16.8 Å². The summed E-state index contributed by atoms with van der Waals surface area (Å²) in [6.45, 7) is 6.02. The van der Waals surface area contributed by atoms with Gasteiger partial charge in [0.25, 0.3) is 11.8 Å². The molecule has 0 bridgehead atoms. The molecule has 0 saturated heterocycles. The fraction of sp³-hybridized carbons (Fsp3) is 0.241. The number of benzene rings is 3. The van der Waals surface area contributed by atoms with Crippen LogP contribution in [0.5, 0.6) is 11.5 Å². The minimum absolute atomic E-state index is 0.0541. The monoisotopic (exact) mass is 621 g/mol. The molecule has 3 aromatic rings. The van der Waals surface area contributed by atoms with Crippen LogP contribution in [0.15, 0.2) is 66.7 Å². The van der Waals surface area contributed by atoms with Crippen LogP contribution >= 0.6 is 0 Å². The Morgan fingerprint density at radius 1 is 0.955 bits per heavy atom. The van der Waals surface area contributed by atoms with Crippen molar-refractivity contribution >= 4 is 29.3 Å². The van der Waals surface area contributed by atoms with Crippen molar-refractivity contribution in [2.24, 2.45) is 5.73 Å². The number of rotatable bonds is 10. The predicted octanol–water partition coefficient (Wildman–Crippen LogP) is 4.54. The number of carbonyl (C=O) groups excluding carboxylic acids is 2. The summed E-state index contributed by atoms with van der Waals surface area (Å²) >= 11 is 0. The van der Waals surface area contributed by atoms with Crippen molar-refractivity contribution in [1.29, 1.82) is 5.41 Å². The molecule has 0 spiro atoms. The Morgan fingerprint density at radius 3 is 2.11 bits per heavy atom. The predicted molar refractivity (Wildman–Crippen MR) is 153 cm³/mol. The largest absolute Gasteiger partial charge is 0.490 e. The molecular formula is C29H31F4N5O6. The van der Waals surface area contributed by atoms with Crippen molar-refractivity contribution < 1.29 is 46.5 Å². The molecule has 3 aromatic carbocycles. The van der Waals surface area contributed by atoms with Gasteiger partial charge in [-0.1, -0.05) is 12.1 Å². The third-order valence-corrected chi connectivity index (χ3v) is 5.36. The average Bonchev–Trinajstić information content (AvgIpc) is 2.95. The summed E-state index contributed by atoms with van der Waals surface area (Å²) in [5.74, 6) is -3.67. The van der Waals surface area contributed by atoms with Gasteiger partial charge in [0.2, 0.25) is 0 Å². The number of alkyl halides is 3. The zero-order chi connectivity index (χ0) is 33.0. The van der Waals surface area contributed by atoms with Gasteiger partial charge in [-0.15, -0.1) is 0 Å². The number of nitrogen functional groups attached to an aromatic ring is 1. The number of ether oxygens (including phenoxy) is 2. The highest BCUT2D eigenvalue weighted by molar-refractivity contribution is 5.97. The van der Waals surface area contributed by atoms with Gasteiger partial charge in [0.15, 0.2) is 11.5 Å². The molecule has 11 nitrogen and oxygen atoms in total. The average molecular weight is 622 g/mol. The number of carboxylic acids is 1. The highest BCUT2D eigenvalue weighted by Crippen LogP contribution is 2.33. The smallest absolute Gasteiger partial charge is 0.490 e. The normalized spacial score (nSPS) is 11.4. The van der Waals surface area contributed by atoms with Crippen LogP contribution in [0.4, 0.5) is 23.2 Å². The number of nitrogens with two attached hydrogens (primary N) is 1. The maximum atomic E-state index is 13.5. The standard InChI is InChI=1S/C27H30FN5O4.C2HF3O2/c1-4-36-23-15-18(10-13-22(23)37-16(2)3)24(31-21-11-8-17(9-12-21)25(29)30)27(35)33-32-26(34)19-6-5-7-20(28)14-19;3-2(4,5)1(6)7/h5-16,24,31H,4H2,1-3H3,(H3,29,30)(H,32,34)(H,33,35);(H,6,7). The molecule has 0 radical (unpaired) electrons. The van der Waals surface area contributed by atoms with E-state index in [0.717, 1.165) is 6.07 Å². The van der Waals surface area contributed by atoms with Gasteiger partial charge >= 0.3 is 12.1 Å². The number of hydrogen-bond donors (Lipinski definition) is 6. The number of carboxylic acid groups (broad SMARTS) is 1. The maximum absolute atomic E-state index is 13.5. The second-order valence-electron chi connectivity index (χ2n) is 9.13. The molecule has 7 N–H and O–H groups in total. The Balaban J connectivity index is 0.000000860. The van der Waals surface area contributed by atoms with Crippen LogP contribution in [0.3, 0.4) is 0 Å². The van der Waals surface area contributed by atoms with E-state index in [2.05, 4.69) is 16.2 Å². The first-order valence-corrected chi connectivity index (χ1v) is 12.9. The molecule has 0 saturated carbocycles. The van der Waals surface area contributed by atoms with Crippen molar-refractivity contribution in [3.63, 3.8) is 0 Å². The number of hydrogen-bond acceptors (Lipinski definition) is 7. The van der Waals surface area contributed by atoms with E-state index in [4.69, 9.17) is 30.5 Å². The summed E-state index contributed by atoms with van der Waals surface area (Å²) in [6, 6.07) is 15.9. The number of halogens is 4. The molecule has 2 amide bonds. The van der Waals surface area contributed by atoms with E-state index >= 15 is 0 Å². The van der Waals surface area contributed by atoms with Crippen LogP contribution in [0, 0.1) is 11.2 Å². The van der Waals surface area contributed by atoms with Crippen molar-refractivity contribution in [1.82, 2.24) is 10.9 Å². The molecule has 0 fully saturated rings. The number of amidine groups is 1. The summed E-state index contributed by atoms with van der Waals surface area (Å²) in [6.07, 6.45) is -5.17. The quantitative estimate of drug-likeness (QED) is 0.0827. The number of aliphatic carboxylic acids is 1. The highest BCUT2D eigenvalue weighted by atomic mass is 19.4. The van der Waals surface area contributed by atoms with Crippen LogP contribution in [0.25, 0.3) is 0 Å². The Bertz CT molecular complexity index is 1470. The Morgan fingerprint density at radius 2 is 1.59 bits per heavy atom. The van der Waals surface area contributed by atoms with Gasteiger partial charge in [-0.25, -0.2) is 9.18 Å². The Kier molecular flexibility index (Phi) is 12.5. The van der Waals surface area contributed by atoms with E-state index < -0.39 is 35.8 Å². The minimum atomic E-state index is -5.08. The van der Waals surface area contributed by atoms with Gasteiger partial charge < -0.3 is 25.6 Å². The van der Waals surface area contributed by atoms with Crippen molar-refractivity contribution in [2.75, 3.05) is 11.9 Å². The lowest BCUT2D eigenvalue weighted by Crippen LogP contribution is -2.45. The number of amides is 2. The summed E-state index contributed by atoms with van der Waals surface area (Å²) in [4.78, 5) is 34.6. The van der Waals surface area contributed by atoms with Crippen LogP contribution in [0.1, 0.15) is 48.3 Å². The van der Waals surface area contributed by atoms with Crippen LogP contribution in [-0.4, -0.2) is 47.6 Å². The zero-order valence-electron chi connectivity index (χ0n) is 23.8. The molecule has 0 heterocycles. The van der Waals surface area contributed by atoms with E-state index in [1.165, 1.54) is 18.2 Å². The van der Waals surface area contributed by atoms with E-state index in [1.807, 2.05) is 20.8 Å². The van der Waals surface area contributed by atoms with E-state index in [0.29, 0.717) is 34.9 Å². The Hall–Kier alpha value is -5.34.